The van der Waals surface area contributed by atoms with Gasteiger partial charge in [0.1, 0.15) is 5.75 Å². The lowest BCUT2D eigenvalue weighted by Gasteiger charge is -2.18. The molecule has 0 fully saturated rings. The molecule has 4 heteroatoms. The first-order chi connectivity index (χ1) is 10.6. The predicted molar refractivity (Wildman–Crippen MR) is 88.1 cm³/mol. The van der Waals surface area contributed by atoms with Gasteiger partial charge in [-0.3, -0.25) is 4.79 Å². The van der Waals surface area contributed by atoms with Crippen molar-refractivity contribution < 1.29 is 9.84 Å². The first-order valence-corrected chi connectivity index (χ1v) is 7.68. The van der Waals surface area contributed by atoms with Crippen molar-refractivity contribution >= 4 is 0 Å². The highest BCUT2D eigenvalue weighted by Gasteiger charge is 2.14. The molecule has 4 nitrogen and oxygen atoms in total. The van der Waals surface area contributed by atoms with Crippen LogP contribution in [0.4, 0.5) is 0 Å². The quantitative estimate of drug-likeness (QED) is 0.891. The molecule has 1 aromatic carbocycles. The van der Waals surface area contributed by atoms with Crippen LogP contribution in [0.15, 0.2) is 41.2 Å². The Morgan fingerprint density at radius 1 is 1.18 bits per heavy atom. The van der Waals surface area contributed by atoms with E-state index in [2.05, 4.69) is 0 Å². The first-order valence-electron chi connectivity index (χ1n) is 7.68. The highest BCUT2D eigenvalue weighted by atomic mass is 16.5. The third-order valence-electron chi connectivity index (χ3n) is 3.40. The maximum absolute atomic E-state index is 12.5. The van der Waals surface area contributed by atoms with Gasteiger partial charge in [-0.05, 0) is 44.5 Å². The second-order valence-electron chi connectivity index (χ2n) is 5.52. The number of rotatable bonds is 6. The van der Waals surface area contributed by atoms with Crippen molar-refractivity contribution in [3.05, 3.63) is 52.3 Å². The fourth-order valence-corrected chi connectivity index (χ4v) is 2.46. The van der Waals surface area contributed by atoms with E-state index in [1.54, 1.807) is 10.6 Å². The Kier molecular flexibility index (Phi) is 5.39. The molecule has 0 radical (unpaired) electrons. The predicted octanol–water partition coefficient (Wildman–Crippen LogP) is 3.20. The van der Waals surface area contributed by atoms with Gasteiger partial charge >= 0.3 is 0 Å². The number of ether oxygens (including phenoxy) is 1. The number of aromatic nitrogens is 1. The largest absolute Gasteiger partial charge is 0.490 e. The van der Waals surface area contributed by atoms with Gasteiger partial charge in [-0.15, -0.1) is 0 Å². The number of aliphatic hydroxyl groups excluding tert-OH is 1. The van der Waals surface area contributed by atoms with Gasteiger partial charge in [0.15, 0.2) is 0 Å². The molecule has 0 aliphatic heterocycles. The molecule has 1 heterocycles. The lowest BCUT2D eigenvalue weighted by molar-refractivity contribution is 0.243. The summed E-state index contributed by atoms with van der Waals surface area (Å²) in [6.45, 7) is 6.35. The molecule has 2 rings (SSSR count). The minimum Gasteiger partial charge on any atom is -0.490 e. The Morgan fingerprint density at radius 2 is 1.91 bits per heavy atom. The Bertz CT molecular complexity index is 689. The fraction of sp³-hybridized carbons (Fsp3) is 0.389. The zero-order chi connectivity index (χ0) is 16.1. The highest BCUT2D eigenvalue weighted by molar-refractivity contribution is 5.67. The van der Waals surface area contributed by atoms with Crippen molar-refractivity contribution in [2.75, 3.05) is 0 Å². The molecule has 1 N–H and O–H groups in total. The molecule has 0 atom stereocenters. The van der Waals surface area contributed by atoms with Crippen molar-refractivity contribution in [1.29, 1.82) is 0 Å². The van der Waals surface area contributed by atoms with Crippen LogP contribution in [0.1, 0.15) is 32.8 Å². The molecular weight excluding hydrogens is 278 g/mol. The number of hydrogen-bond donors (Lipinski definition) is 1. The first kappa shape index (κ1) is 16.3. The van der Waals surface area contributed by atoms with Crippen LogP contribution >= 0.6 is 0 Å². The van der Waals surface area contributed by atoms with Gasteiger partial charge in [0.05, 0.1) is 18.4 Å². The Morgan fingerprint density at radius 3 is 2.55 bits per heavy atom. The van der Waals surface area contributed by atoms with E-state index in [1.807, 2.05) is 51.1 Å². The van der Waals surface area contributed by atoms with Crippen LogP contribution in [0.3, 0.4) is 0 Å². The standard InChI is InChI=1S/C18H23NO3/c1-4-11-19-16(10-9-14(12-20)18(19)21)15-7-5-6-8-17(15)22-13(2)3/h5-10,13,20H,4,11-12H2,1-3H3. The Balaban J connectivity index is 2.62. The zero-order valence-electron chi connectivity index (χ0n) is 13.4. The number of hydrogen-bond acceptors (Lipinski definition) is 3. The summed E-state index contributed by atoms with van der Waals surface area (Å²) < 4.78 is 7.58. The second kappa shape index (κ2) is 7.27. The molecule has 118 valence electrons. The molecule has 0 amide bonds. The minimum atomic E-state index is -0.243. The summed E-state index contributed by atoms with van der Waals surface area (Å²) in [5, 5.41) is 9.31. The molecule has 0 aliphatic carbocycles. The number of nitrogens with zero attached hydrogens (tertiary/aromatic N) is 1. The summed E-state index contributed by atoms with van der Waals surface area (Å²) in [7, 11) is 0. The SMILES string of the molecule is CCCn1c(-c2ccccc2OC(C)C)ccc(CO)c1=O. The van der Waals surface area contributed by atoms with Crippen molar-refractivity contribution in [2.45, 2.75) is 46.4 Å². The van der Waals surface area contributed by atoms with Gasteiger partial charge < -0.3 is 14.4 Å². The number of aliphatic hydroxyl groups is 1. The van der Waals surface area contributed by atoms with Gasteiger partial charge in [0.2, 0.25) is 0 Å². The van der Waals surface area contributed by atoms with Gasteiger partial charge in [-0.2, -0.15) is 0 Å². The summed E-state index contributed by atoms with van der Waals surface area (Å²) in [6, 6.07) is 11.3. The minimum absolute atomic E-state index is 0.0595. The van der Waals surface area contributed by atoms with E-state index in [4.69, 9.17) is 4.74 Å². The van der Waals surface area contributed by atoms with Crippen molar-refractivity contribution in [3.63, 3.8) is 0 Å². The number of benzene rings is 1. The van der Waals surface area contributed by atoms with Crippen LogP contribution in [0.5, 0.6) is 5.75 Å². The highest BCUT2D eigenvalue weighted by Crippen LogP contribution is 2.30. The van der Waals surface area contributed by atoms with Crippen LogP contribution in [0, 0.1) is 0 Å². The van der Waals surface area contributed by atoms with E-state index in [-0.39, 0.29) is 18.3 Å². The van der Waals surface area contributed by atoms with E-state index >= 15 is 0 Å². The zero-order valence-corrected chi connectivity index (χ0v) is 13.4. The Hall–Kier alpha value is -2.07. The third kappa shape index (κ3) is 3.39. The number of para-hydroxylation sites is 1. The van der Waals surface area contributed by atoms with Gasteiger partial charge in [0.25, 0.3) is 5.56 Å². The monoisotopic (exact) mass is 301 g/mol. The van der Waals surface area contributed by atoms with E-state index in [0.717, 1.165) is 23.4 Å². The average molecular weight is 301 g/mol. The normalized spacial score (nSPS) is 11.0. The smallest absolute Gasteiger partial charge is 0.256 e. The van der Waals surface area contributed by atoms with Gasteiger partial charge in [-0.25, -0.2) is 0 Å². The molecule has 0 saturated heterocycles. The summed E-state index contributed by atoms with van der Waals surface area (Å²) in [5.74, 6) is 0.763. The average Bonchev–Trinajstić information content (AvgIpc) is 2.49. The van der Waals surface area contributed by atoms with E-state index in [0.29, 0.717) is 12.1 Å². The van der Waals surface area contributed by atoms with Crippen LogP contribution in [0.2, 0.25) is 0 Å². The topological polar surface area (TPSA) is 51.5 Å². The molecule has 0 spiro atoms. The molecule has 2 aromatic rings. The van der Waals surface area contributed by atoms with Crippen LogP contribution in [-0.4, -0.2) is 15.8 Å². The van der Waals surface area contributed by atoms with Gasteiger partial charge in [0, 0.05) is 17.7 Å². The molecular formula is C18H23NO3. The van der Waals surface area contributed by atoms with Crippen molar-refractivity contribution in [3.8, 4) is 17.0 Å². The van der Waals surface area contributed by atoms with Crippen LogP contribution in [-0.2, 0) is 13.2 Å². The molecule has 22 heavy (non-hydrogen) atoms. The molecule has 0 bridgehead atoms. The van der Waals surface area contributed by atoms with E-state index in [9.17, 15) is 9.90 Å². The van der Waals surface area contributed by atoms with Crippen LogP contribution in [0.25, 0.3) is 11.3 Å². The maximum atomic E-state index is 12.5. The second-order valence-corrected chi connectivity index (χ2v) is 5.52. The van der Waals surface area contributed by atoms with E-state index in [1.165, 1.54) is 0 Å². The number of pyridine rings is 1. The van der Waals surface area contributed by atoms with E-state index < -0.39 is 0 Å². The van der Waals surface area contributed by atoms with Crippen molar-refractivity contribution in [2.24, 2.45) is 0 Å². The summed E-state index contributed by atoms with van der Waals surface area (Å²) in [5.41, 5.74) is 1.99. The summed E-state index contributed by atoms with van der Waals surface area (Å²) >= 11 is 0. The fourth-order valence-electron chi connectivity index (χ4n) is 2.46. The third-order valence-corrected chi connectivity index (χ3v) is 3.40. The Labute approximate surface area is 131 Å². The summed E-state index contributed by atoms with van der Waals surface area (Å²) in [4.78, 5) is 12.5. The summed E-state index contributed by atoms with van der Waals surface area (Å²) in [6.07, 6.45) is 0.902. The molecule has 0 saturated carbocycles. The lowest BCUT2D eigenvalue weighted by Crippen LogP contribution is -2.25. The van der Waals surface area contributed by atoms with Gasteiger partial charge in [-0.1, -0.05) is 19.1 Å². The molecule has 0 aliphatic rings. The lowest BCUT2D eigenvalue weighted by atomic mass is 10.1. The molecule has 1 aromatic heterocycles. The van der Waals surface area contributed by atoms with Crippen LogP contribution < -0.4 is 10.3 Å². The molecule has 0 unspecified atom stereocenters. The maximum Gasteiger partial charge on any atom is 0.256 e. The van der Waals surface area contributed by atoms with Crippen molar-refractivity contribution in [1.82, 2.24) is 4.57 Å².